The zero-order valence-corrected chi connectivity index (χ0v) is 25.0. The van der Waals surface area contributed by atoms with Gasteiger partial charge in [-0.15, -0.1) is 0 Å². The number of rotatable bonds is 5. The number of methoxy groups -OCH3 is 1. The molecule has 0 atom stereocenters. The Morgan fingerprint density at radius 2 is 1.66 bits per heavy atom. The van der Waals surface area contributed by atoms with Crippen molar-refractivity contribution in [2.24, 2.45) is 0 Å². The molecule has 8 rings (SSSR count). The van der Waals surface area contributed by atoms with Crippen molar-refractivity contribution in [3.05, 3.63) is 95.6 Å². The van der Waals surface area contributed by atoms with Gasteiger partial charge in [0.1, 0.15) is 17.8 Å². The van der Waals surface area contributed by atoms with Crippen molar-refractivity contribution in [3.63, 3.8) is 0 Å². The van der Waals surface area contributed by atoms with E-state index in [2.05, 4.69) is 52.0 Å². The van der Waals surface area contributed by atoms with Gasteiger partial charge < -0.3 is 19.4 Å². The molecule has 0 unspecified atom stereocenters. The molecule has 5 nitrogen and oxygen atoms in total. The number of nitrogens with zero attached hydrogens (tertiary/aromatic N) is 1. The van der Waals surface area contributed by atoms with Gasteiger partial charge in [-0.25, -0.2) is 0 Å². The summed E-state index contributed by atoms with van der Waals surface area (Å²) in [7, 11) is 1.70. The number of phenolic OH excluding ortho intramolecular Hbond substituents is 1. The van der Waals surface area contributed by atoms with Crippen LogP contribution in [-0.4, -0.2) is 28.1 Å². The Morgan fingerprint density at radius 3 is 2.45 bits per heavy atom. The van der Waals surface area contributed by atoms with E-state index in [4.69, 9.17) is 4.74 Å². The highest BCUT2D eigenvalue weighted by Crippen LogP contribution is 2.48. The summed E-state index contributed by atoms with van der Waals surface area (Å²) in [4.78, 5) is 15.5. The van der Waals surface area contributed by atoms with E-state index in [1.54, 1.807) is 19.2 Å². The van der Waals surface area contributed by atoms with Crippen LogP contribution in [0, 0.1) is 0 Å². The monoisotopic (exact) mass is 580 g/mol. The Kier molecular flexibility index (Phi) is 6.55. The van der Waals surface area contributed by atoms with E-state index >= 15 is 0 Å². The van der Waals surface area contributed by atoms with Gasteiger partial charge in [-0.05, 0) is 96.3 Å². The number of aldehydes is 1. The lowest BCUT2D eigenvalue weighted by molar-refractivity contribution is 0.112. The van der Waals surface area contributed by atoms with Crippen molar-refractivity contribution < 1.29 is 14.6 Å². The molecule has 5 heteroatoms. The normalized spacial score (nSPS) is 15.2. The number of phenols is 1. The molecule has 220 valence electrons. The molecular weight excluding hydrogens is 544 g/mol. The van der Waals surface area contributed by atoms with E-state index < -0.39 is 0 Å². The van der Waals surface area contributed by atoms with E-state index in [1.807, 2.05) is 24.3 Å². The minimum absolute atomic E-state index is 0.254. The molecule has 2 aromatic heterocycles. The third kappa shape index (κ3) is 4.33. The van der Waals surface area contributed by atoms with Crippen LogP contribution in [0.1, 0.15) is 65.9 Å². The quantitative estimate of drug-likeness (QED) is 0.200. The van der Waals surface area contributed by atoms with Gasteiger partial charge in [0.05, 0.1) is 12.8 Å². The van der Waals surface area contributed by atoms with Gasteiger partial charge in [-0.2, -0.15) is 0 Å². The number of fused-ring (bicyclic) bond motifs is 7. The molecule has 0 saturated heterocycles. The van der Waals surface area contributed by atoms with Crippen LogP contribution < -0.4 is 4.74 Å². The second kappa shape index (κ2) is 10.7. The van der Waals surface area contributed by atoms with E-state index in [9.17, 15) is 9.90 Å². The number of hydrogen-bond donors (Lipinski definition) is 2. The van der Waals surface area contributed by atoms with Crippen LogP contribution in [0.25, 0.3) is 55.4 Å². The van der Waals surface area contributed by atoms with E-state index in [-0.39, 0.29) is 5.75 Å². The number of aryl methyl sites for hydroxylation is 2. The van der Waals surface area contributed by atoms with Crippen molar-refractivity contribution in [2.75, 3.05) is 7.11 Å². The first-order valence-corrected chi connectivity index (χ1v) is 15.9. The lowest BCUT2D eigenvalue weighted by Crippen LogP contribution is -2.07. The topological polar surface area (TPSA) is 67.2 Å². The minimum Gasteiger partial charge on any atom is -0.508 e. The molecule has 1 fully saturated rings. The van der Waals surface area contributed by atoms with Crippen molar-refractivity contribution in [1.29, 1.82) is 0 Å². The number of nitrogens with one attached hydrogen (secondary N) is 1. The molecule has 0 amide bonds. The molecule has 1 aliphatic carbocycles. The van der Waals surface area contributed by atoms with Gasteiger partial charge in [-0.3, -0.25) is 4.79 Å². The molecule has 1 saturated carbocycles. The number of carbonyl (C=O) groups is 1. The van der Waals surface area contributed by atoms with Crippen LogP contribution in [0.2, 0.25) is 0 Å². The van der Waals surface area contributed by atoms with E-state index in [0.29, 0.717) is 5.92 Å². The predicted octanol–water partition coefficient (Wildman–Crippen LogP) is 9.64. The Hall–Kier alpha value is -4.77. The Morgan fingerprint density at radius 1 is 0.841 bits per heavy atom. The lowest BCUT2D eigenvalue weighted by Gasteiger charge is -2.24. The molecule has 2 N–H and O–H groups in total. The number of aromatic amines is 1. The maximum atomic E-state index is 11.8. The summed E-state index contributed by atoms with van der Waals surface area (Å²) in [5.74, 6) is 1.60. The third-order valence-electron chi connectivity index (χ3n) is 9.95. The van der Waals surface area contributed by atoms with Crippen molar-refractivity contribution in [2.45, 2.75) is 57.4 Å². The molecule has 4 aromatic carbocycles. The number of benzene rings is 4. The summed E-state index contributed by atoms with van der Waals surface area (Å²) >= 11 is 0. The fraction of sp³-hybridized carbons (Fsp3) is 0.256. The smallest absolute Gasteiger partial charge is 0.150 e. The van der Waals surface area contributed by atoms with Gasteiger partial charge in [0, 0.05) is 50.7 Å². The lowest BCUT2D eigenvalue weighted by atomic mass is 9.81. The standard InChI is InChI=1S/C39H36N2O3/c1-44-28-14-16-29(25-10-12-27(43)13-11-25)33(21-28)36-22-34-30-8-5-19-41-37-20-24(23-42)9-15-32(37)38(26-6-3-2-4-7-26)39(41)31(30)17-18-35(34)40-36/h9-18,20-23,26,40,43H,2-8,19H2,1H3. The van der Waals surface area contributed by atoms with E-state index in [1.165, 1.54) is 70.8 Å². The van der Waals surface area contributed by atoms with Crippen molar-refractivity contribution in [3.8, 4) is 45.1 Å². The average Bonchev–Trinajstić information content (AvgIpc) is 3.58. The average molecular weight is 581 g/mol. The zero-order chi connectivity index (χ0) is 29.8. The van der Waals surface area contributed by atoms with Crippen molar-refractivity contribution >= 4 is 28.1 Å². The number of hydrogen-bond acceptors (Lipinski definition) is 3. The number of ether oxygens (including phenoxy) is 1. The first-order valence-electron chi connectivity index (χ1n) is 15.9. The second-order valence-corrected chi connectivity index (χ2v) is 12.4. The summed E-state index contributed by atoms with van der Waals surface area (Å²) in [5.41, 5.74) is 12.9. The molecule has 2 aliphatic rings. The first kappa shape index (κ1) is 26.8. The van der Waals surface area contributed by atoms with Crippen LogP contribution in [0.5, 0.6) is 11.5 Å². The number of H-pyrrole nitrogens is 1. The van der Waals surface area contributed by atoms with Crippen LogP contribution in [-0.2, 0) is 13.0 Å². The fourth-order valence-electron chi connectivity index (χ4n) is 7.87. The minimum atomic E-state index is 0.254. The third-order valence-corrected chi connectivity index (χ3v) is 9.95. The number of aromatic hydroxyl groups is 1. The Bertz CT molecular complexity index is 2040. The summed E-state index contributed by atoms with van der Waals surface area (Å²) < 4.78 is 8.16. The van der Waals surface area contributed by atoms with Gasteiger partial charge in [0.25, 0.3) is 0 Å². The molecule has 44 heavy (non-hydrogen) atoms. The zero-order valence-electron chi connectivity index (χ0n) is 25.0. The maximum Gasteiger partial charge on any atom is 0.150 e. The Balaban J connectivity index is 1.34. The Labute approximate surface area is 257 Å². The van der Waals surface area contributed by atoms with Crippen LogP contribution in [0.3, 0.4) is 0 Å². The maximum absolute atomic E-state index is 11.8. The molecule has 0 spiro atoms. The highest BCUT2D eigenvalue weighted by atomic mass is 16.5. The predicted molar refractivity (Wildman–Crippen MR) is 178 cm³/mol. The number of carbonyl (C=O) groups excluding carboxylic acids is 1. The molecule has 3 heterocycles. The summed E-state index contributed by atoms with van der Waals surface area (Å²) in [5, 5.41) is 12.5. The SMILES string of the molecule is COc1ccc(-c2ccc(O)cc2)c(-c2cc3c4c(ccc3[nH]2)-c2c(C3CCCCC3)c3ccc(C=O)cc3n2CCC4)c1. The highest BCUT2D eigenvalue weighted by Gasteiger charge is 2.29. The van der Waals surface area contributed by atoms with Crippen molar-refractivity contribution in [1.82, 2.24) is 9.55 Å². The summed E-state index contributed by atoms with van der Waals surface area (Å²) in [6.07, 6.45) is 9.33. The summed E-state index contributed by atoms with van der Waals surface area (Å²) in [6.45, 7) is 0.940. The van der Waals surface area contributed by atoms with Gasteiger partial charge in [0.2, 0.25) is 0 Å². The first-order chi connectivity index (χ1) is 21.6. The van der Waals surface area contributed by atoms with Gasteiger partial charge in [0.15, 0.2) is 0 Å². The molecule has 0 radical (unpaired) electrons. The fourth-order valence-corrected chi connectivity index (χ4v) is 7.87. The highest BCUT2D eigenvalue weighted by molar-refractivity contribution is 6.00. The molecule has 6 aromatic rings. The number of aromatic nitrogens is 2. The molecular formula is C39H36N2O3. The van der Waals surface area contributed by atoms with Crippen LogP contribution in [0.4, 0.5) is 0 Å². The molecule has 0 bridgehead atoms. The molecule has 1 aliphatic heterocycles. The van der Waals surface area contributed by atoms with E-state index in [0.717, 1.165) is 64.9 Å². The van der Waals surface area contributed by atoms with Gasteiger partial charge in [-0.1, -0.05) is 55.7 Å². The summed E-state index contributed by atoms with van der Waals surface area (Å²) in [6, 6.07) is 26.7. The van der Waals surface area contributed by atoms with Gasteiger partial charge >= 0.3 is 0 Å². The van der Waals surface area contributed by atoms with Crippen LogP contribution in [0.15, 0.2) is 78.9 Å². The largest absolute Gasteiger partial charge is 0.508 e. The van der Waals surface area contributed by atoms with Crippen LogP contribution >= 0.6 is 0 Å². The second-order valence-electron chi connectivity index (χ2n) is 12.4.